The van der Waals surface area contributed by atoms with E-state index in [1.807, 2.05) is 13.0 Å². The highest BCUT2D eigenvalue weighted by molar-refractivity contribution is 5.55. The van der Waals surface area contributed by atoms with Crippen LogP contribution >= 0.6 is 0 Å². The van der Waals surface area contributed by atoms with Crippen LogP contribution in [0.4, 0.5) is 10.1 Å². The predicted molar refractivity (Wildman–Crippen MR) is 77.9 cm³/mol. The molecule has 1 aromatic carbocycles. The molecular weight excluding hydrogens is 241 g/mol. The number of halogens is 1. The number of hydrogen-bond acceptors (Lipinski definition) is 3. The van der Waals surface area contributed by atoms with Gasteiger partial charge in [-0.3, -0.25) is 4.90 Å². The molecule has 106 valence electrons. The summed E-state index contributed by atoms with van der Waals surface area (Å²) in [6.45, 7) is 9.18. The van der Waals surface area contributed by atoms with Gasteiger partial charge in [-0.25, -0.2) is 4.39 Å². The lowest BCUT2D eigenvalue weighted by Gasteiger charge is -2.37. The highest BCUT2D eigenvalue weighted by Crippen LogP contribution is 2.28. The molecule has 1 fully saturated rings. The Labute approximate surface area is 115 Å². The van der Waals surface area contributed by atoms with Crippen LogP contribution in [0.25, 0.3) is 0 Å². The van der Waals surface area contributed by atoms with Crippen LogP contribution < -0.4 is 10.6 Å². The molecule has 0 bridgehead atoms. The Kier molecular flexibility index (Phi) is 4.77. The van der Waals surface area contributed by atoms with Crippen LogP contribution in [0, 0.1) is 5.82 Å². The number of benzene rings is 1. The summed E-state index contributed by atoms with van der Waals surface area (Å²) in [7, 11) is 0. The Balaban J connectivity index is 2.13. The number of hydrogen-bond donors (Lipinski definition) is 1. The maximum absolute atomic E-state index is 13.9. The van der Waals surface area contributed by atoms with E-state index in [2.05, 4.69) is 16.7 Å². The van der Waals surface area contributed by atoms with E-state index in [1.54, 1.807) is 6.07 Å². The second kappa shape index (κ2) is 6.35. The first-order valence-electron chi connectivity index (χ1n) is 7.14. The number of piperazine rings is 1. The summed E-state index contributed by atoms with van der Waals surface area (Å²) in [5.74, 6) is -0.191. The van der Waals surface area contributed by atoms with Gasteiger partial charge in [-0.1, -0.05) is 13.0 Å². The summed E-state index contributed by atoms with van der Waals surface area (Å²) >= 11 is 0. The van der Waals surface area contributed by atoms with Crippen LogP contribution in [0.5, 0.6) is 0 Å². The van der Waals surface area contributed by atoms with Crippen molar-refractivity contribution in [1.82, 2.24) is 4.90 Å². The molecule has 4 heteroatoms. The highest BCUT2D eigenvalue weighted by Gasteiger charge is 2.21. The Morgan fingerprint density at radius 2 is 1.95 bits per heavy atom. The molecule has 1 aliphatic heterocycles. The summed E-state index contributed by atoms with van der Waals surface area (Å²) < 4.78 is 13.9. The number of nitrogens with two attached hydrogens (primary N) is 1. The van der Waals surface area contributed by atoms with Crippen molar-refractivity contribution in [2.24, 2.45) is 5.73 Å². The van der Waals surface area contributed by atoms with Crippen LogP contribution in [0.1, 0.15) is 31.9 Å². The SMILES string of the molecule is CCCN1CCN(c2cccc(F)c2C(C)N)CC1. The van der Waals surface area contributed by atoms with Gasteiger partial charge < -0.3 is 10.6 Å². The number of rotatable bonds is 4. The summed E-state index contributed by atoms with van der Waals surface area (Å²) in [5, 5.41) is 0. The molecule has 2 rings (SSSR count). The molecular formula is C15H24FN3. The van der Waals surface area contributed by atoms with Gasteiger partial charge in [-0.05, 0) is 32.0 Å². The fourth-order valence-corrected chi connectivity index (χ4v) is 2.78. The molecule has 1 atom stereocenters. The van der Waals surface area contributed by atoms with Gasteiger partial charge in [0.15, 0.2) is 0 Å². The summed E-state index contributed by atoms with van der Waals surface area (Å²) in [6, 6.07) is 4.98. The monoisotopic (exact) mass is 265 g/mol. The largest absolute Gasteiger partial charge is 0.369 e. The molecule has 0 amide bonds. The van der Waals surface area contributed by atoms with Crippen LogP contribution in [-0.4, -0.2) is 37.6 Å². The first-order valence-corrected chi connectivity index (χ1v) is 7.14. The topological polar surface area (TPSA) is 32.5 Å². The first kappa shape index (κ1) is 14.3. The molecule has 3 nitrogen and oxygen atoms in total. The van der Waals surface area contributed by atoms with Gasteiger partial charge in [-0.2, -0.15) is 0 Å². The fraction of sp³-hybridized carbons (Fsp3) is 0.600. The average molecular weight is 265 g/mol. The van der Waals surface area contributed by atoms with E-state index >= 15 is 0 Å². The second-order valence-corrected chi connectivity index (χ2v) is 5.29. The van der Waals surface area contributed by atoms with Crippen molar-refractivity contribution in [2.75, 3.05) is 37.6 Å². The number of anilines is 1. The van der Waals surface area contributed by atoms with E-state index in [0.717, 1.165) is 38.4 Å². The zero-order valence-electron chi connectivity index (χ0n) is 11.9. The van der Waals surface area contributed by atoms with Gasteiger partial charge >= 0.3 is 0 Å². The molecule has 0 radical (unpaired) electrons. The Hall–Kier alpha value is -1.13. The fourth-order valence-electron chi connectivity index (χ4n) is 2.78. The van der Waals surface area contributed by atoms with Crippen molar-refractivity contribution >= 4 is 5.69 Å². The Bertz CT molecular complexity index is 412. The van der Waals surface area contributed by atoms with Gasteiger partial charge in [0, 0.05) is 43.5 Å². The maximum atomic E-state index is 13.9. The van der Waals surface area contributed by atoms with Crippen molar-refractivity contribution in [1.29, 1.82) is 0 Å². The minimum absolute atomic E-state index is 0.191. The quantitative estimate of drug-likeness (QED) is 0.907. The van der Waals surface area contributed by atoms with Crippen molar-refractivity contribution in [3.05, 3.63) is 29.6 Å². The third-order valence-electron chi connectivity index (χ3n) is 3.74. The third-order valence-corrected chi connectivity index (χ3v) is 3.74. The van der Waals surface area contributed by atoms with Gasteiger partial charge in [0.1, 0.15) is 5.82 Å². The van der Waals surface area contributed by atoms with E-state index in [1.165, 1.54) is 12.5 Å². The molecule has 1 aliphatic rings. The van der Waals surface area contributed by atoms with E-state index in [-0.39, 0.29) is 11.9 Å². The molecule has 0 aliphatic carbocycles. The number of nitrogens with zero attached hydrogens (tertiary/aromatic N) is 2. The summed E-state index contributed by atoms with van der Waals surface area (Å²) in [4.78, 5) is 4.72. The predicted octanol–water partition coefficient (Wildman–Crippen LogP) is 2.38. The molecule has 0 spiro atoms. The van der Waals surface area contributed by atoms with E-state index in [0.29, 0.717) is 5.56 Å². The molecule has 1 aromatic rings. The zero-order valence-corrected chi connectivity index (χ0v) is 11.9. The molecule has 1 unspecified atom stereocenters. The minimum Gasteiger partial charge on any atom is -0.369 e. The van der Waals surface area contributed by atoms with Gasteiger partial charge in [0.2, 0.25) is 0 Å². The van der Waals surface area contributed by atoms with Crippen molar-refractivity contribution in [3.63, 3.8) is 0 Å². The average Bonchev–Trinajstić information content (AvgIpc) is 2.39. The smallest absolute Gasteiger partial charge is 0.130 e. The molecule has 0 aromatic heterocycles. The van der Waals surface area contributed by atoms with Crippen LogP contribution in [-0.2, 0) is 0 Å². The normalized spacial score (nSPS) is 18.6. The molecule has 1 heterocycles. The lowest BCUT2D eigenvalue weighted by Crippen LogP contribution is -2.47. The lowest BCUT2D eigenvalue weighted by molar-refractivity contribution is 0.258. The van der Waals surface area contributed by atoms with Gasteiger partial charge in [0.05, 0.1) is 0 Å². The standard InChI is InChI=1S/C15H24FN3/c1-3-7-18-8-10-19(11-9-18)14-6-4-5-13(16)15(14)12(2)17/h4-6,12H,3,7-11,17H2,1-2H3. The molecule has 19 heavy (non-hydrogen) atoms. The lowest BCUT2D eigenvalue weighted by atomic mass is 10.0. The van der Waals surface area contributed by atoms with Gasteiger partial charge in [0.25, 0.3) is 0 Å². The van der Waals surface area contributed by atoms with Crippen molar-refractivity contribution in [2.45, 2.75) is 26.3 Å². The Morgan fingerprint density at radius 3 is 2.53 bits per heavy atom. The summed E-state index contributed by atoms with van der Waals surface area (Å²) in [6.07, 6.45) is 1.19. The van der Waals surface area contributed by atoms with Crippen LogP contribution in [0.3, 0.4) is 0 Å². The van der Waals surface area contributed by atoms with E-state index < -0.39 is 0 Å². The second-order valence-electron chi connectivity index (χ2n) is 5.29. The van der Waals surface area contributed by atoms with Crippen molar-refractivity contribution in [3.8, 4) is 0 Å². The molecule has 1 saturated heterocycles. The third kappa shape index (κ3) is 3.25. The first-order chi connectivity index (χ1) is 9.13. The Morgan fingerprint density at radius 1 is 1.26 bits per heavy atom. The zero-order chi connectivity index (χ0) is 13.8. The molecule has 0 saturated carbocycles. The van der Waals surface area contributed by atoms with Crippen LogP contribution in [0.15, 0.2) is 18.2 Å². The summed E-state index contributed by atoms with van der Waals surface area (Å²) in [5.41, 5.74) is 7.53. The van der Waals surface area contributed by atoms with Crippen LogP contribution in [0.2, 0.25) is 0 Å². The molecule has 2 N–H and O–H groups in total. The maximum Gasteiger partial charge on any atom is 0.130 e. The van der Waals surface area contributed by atoms with Crippen molar-refractivity contribution < 1.29 is 4.39 Å². The van der Waals surface area contributed by atoms with Gasteiger partial charge in [-0.15, -0.1) is 0 Å². The van der Waals surface area contributed by atoms with E-state index in [9.17, 15) is 4.39 Å². The highest BCUT2D eigenvalue weighted by atomic mass is 19.1. The van der Waals surface area contributed by atoms with E-state index in [4.69, 9.17) is 5.73 Å². The minimum atomic E-state index is -0.273.